The zero-order valence-electron chi connectivity index (χ0n) is 13.6. The van der Waals surface area contributed by atoms with Gasteiger partial charge in [0.2, 0.25) is 5.56 Å². The third-order valence-electron chi connectivity index (χ3n) is 3.13. The molecule has 0 atom stereocenters. The number of pyridine rings is 1. The minimum atomic E-state index is -4.57. The average Bonchev–Trinajstić information content (AvgIpc) is 2.47. The standard InChI is InChI=1S/C15H15F3N2O.C2H6/c1-4-14(2,3)20-9-5-6-10-11(15(16,17)18)8-13(21)19-12(10)7-9;1-2/h4-8,20H,1H2,2-3H3,(H,19,21);1-2H3. The molecule has 0 saturated carbocycles. The highest BCUT2D eigenvalue weighted by Gasteiger charge is 2.33. The number of fused-ring (bicyclic) bond motifs is 1. The second kappa shape index (κ2) is 6.89. The smallest absolute Gasteiger partial charge is 0.377 e. The van der Waals surface area contributed by atoms with Gasteiger partial charge in [0.05, 0.1) is 11.1 Å². The number of alkyl halides is 3. The Balaban J connectivity index is 0.00000127. The van der Waals surface area contributed by atoms with Gasteiger partial charge < -0.3 is 10.3 Å². The molecule has 6 heteroatoms. The van der Waals surface area contributed by atoms with Crippen molar-refractivity contribution in [3.63, 3.8) is 0 Å². The van der Waals surface area contributed by atoms with Gasteiger partial charge in [-0.3, -0.25) is 4.79 Å². The van der Waals surface area contributed by atoms with Crippen LogP contribution in [0.15, 0.2) is 41.7 Å². The molecular weight excluding hydrogens is 305 g/mol. The van der Waals surface area contributed by atoms with Crippen LogP contribution in [-0.4, -0.2) is 10.5 Å². The lowest BCUT2D eigenvalue weighted by Crippen LogP contribution is -2.27. The minimum Gasteiger partial charge on any atom is -0.377 e. The lowest BCUT2D eigenvalue weighted by atomic mass is 10.0. The lowest BCUT2D eigenvalue weighted by Gasteiger charge is -2.23. The van der Waals surface area contributed by atoms with Crippen LogP contribution in [0.2, 0.25) is 0 Å². The molecule has 1 aromatic carbocycles. The molecular formula is C17H21F3N2O. The van der Waals surface area contributed by atoms with E-state index in [2.05, 4.69) is 16.9 Å². The highest BCUT2D eigenvalue weighted by Crippen LogP contribution is 2.34. The van der Waals surface area contributed by atoms with Crippen molar-refractivity contribution in [2.45, 2.75) is 39.4 Å². The van der Waals surface area contributed by atoms with Gasteiger partial charge in [-0.1, -0.05) is 26.0 Å². The number of hydrogen-bond acceptors (Lipinski definition) is 2. The topological polar surface area (TPSA) is 44.9 Å². The number of rotatable bonds is 3. The number of hydrogen-bond donors (Lipinski definition) is 2. The fraction of sp³-hybridized carbons (Fsp3) is 0.353. The zero-order chi connectivity index (χ0) is 17.8. The van der Waals surface area contributed by atoms with E-state index in [0.29, 0.717) is 11.8 Å². The SMILES string of the molecule is C=CC(C)(C)Nc1ccc2c(C(F)(F)F)cc(=O)[nH]c2c1.CC. The van der Waals surface area contributed by atoms with Crippen LogP contribution < -0.4 is 10.9 Å². The van der Waals surface area contributed by atoms with Crippen molar-refractivity contribution in [2.24, 2.45) is 0 Å². The van der Waals surface area contributed by atoms with Crippen molar-refractivity contribution in [3.8, 4) is 0 Å². The quantitative estimate of drug-likeness (QED) is 0.784. The van der Waals surface area contributed by atoms with E-state index in [9.17, 15) is 18.0 Å². The van der Waals surface area contributed by atoms with Gasteiger partial charge in [0.1, 0.15) is 0 Å². The van der Waals surface area contributed by atoms with Crippen LogP contribution in [0, 0.1) is 0 Å². The van der Waals surface area contributed by atoms with Crippen molar-refractivity contribution in [1.29, 1.82) is 0 Å². The van der Waals surface area contributed by atoms with Gasteiger partial charge in [0.15, 0.2) is 0 Å². The number of aromatic nitrogens is 1. The maximum atomic E-state index is 12.9. The summed E-state index contributed by atoms with van der Waals surface area (Å²) in [5, 5.41) is 3.08. The zero-order valence-corrected chi connectivity index (χ0v) is 13.6. The number of nitrogens with one attached hydrogen (secondary N) is 2. The fourth-order valence-electron chi connectivity index (χ4n) is 2.00. The molecule has 0 aliphatic carbocycles. The van der Waals surface area contributed by atoms with E-state index in [1.165, 1.54) is 12.1 Å². The normalized spacial score (nSPS) is 11.6. The first-order chi connectivity index (χ1) is 10.6. The Hall–Kier alpha value is -2.24. The largest absolute Gasteiger partial charge is 0.417 e. The number of H-pyrrole nitrogens is 1. The van der Waals surface area contributed by atoms with Crippen molar-refractivity contribution in [2.75, 3.05) is 5.32 Å². The average molecular weight is 326 g/mol. The van der Waals surface area contributed by atoms with Crippen LogP contribution in [0.25, 0.3) is 10.9 Å². The summed E-state index contributed by atoms with van der Waals surface area (Å²) >= 11 is 0. The summed E-state index contributed by atoms with van der Waals surface area (Å²) in [4.78, 5) is 13.8. The third-order valence-corrected chi connectivity index (χ3v) is 3.13. The van der Waals surface area contributed by atoms with Gasteiger partial charge in [-0.2, -0.15) is 13.2 Å². The Kier molecular flexibility index (Phi) is 5.64. The van der Waals surface area contributed by atoms with Crippen molar-refractivity contribution >= 4 is 16.6 Å². The Morgan fingerprint density at radius 2 is 1.78 bits per heavy atom. The number of aromatic amines is 1. The predicted octanol–water partition coefficient (Wildman–Crippen LogP) is 4.95. The van der Waals surface area contributed by atoms with Crippen molar-refractivity contribution in [1.82, 2.24) is 4.98 Å². The predicted molar refractivity (Wildman–Crippen MR) is 88.8 cm³/mol. The third kappa shape index (κ3) is 4.61. The summed E-state index contributed by atoms with van der Waals surface area (Å²) in [5.41, 5.74) is -1.40. The van der Waals surface area contributed by atoms with Crippen LogP contribution >= 0.6 is 0 Å². The first-order valence-corrected chi connectivity index (χ1v) is 7.28. The van der Waals surface area contributed by atoms with E-state index >= 15 is 0 Å². The Morgan fingerprint density at radius 1 is 1.17 bits per heavy atom. The summed E-state index contributed by atoms with van der Waals surface area (Å²) in [6.45, 7) is 11.4. The van der Waals surface area contributed by atoms with Gasteiger partial charge in [-0.15, -0.1) is 6.58 Å². The van der Waals surface area contributed by atoms with Gasteiger partial charge in [-0.05, 0) is 26.0 Å². The van der Waals surface area contributed by atoms with E-state index in [4.69, 9.17) is 0 Å². The summed E-state index contributed by atoms with van der Waals surface area (Å²) in [6.07, 6.45) is -2.88. The van der Waals surface area contributed by atoms with Crippen LogP contribution in [0.3, 0.4) is 0 Å². The van der Waals surface area contributed by atoms with E-state index in [0.717, 1.165) is 0 Å². The Bertz CT molecular complexity index is 746. The molecule has 3 nitrogen and oxygen atoms in total. The molecule has 0 aliphatic heterocycles. The van der Waals surface area contributed by atoms with Crippen LogP contribution in [0.1, 0.15) is 33.3 Å². The molecule has 0 radical (unpaired) electrons. The summed E-state index contributed by atoms with van der Waals surface area (Å²) in [5.74, 6) is 0. The maximum absolute atomic E-state index is 12.9. The van der Waals surface area contributed by atoms with Crippen LogP contribution in [0.5, 0.6) is 0 Å². The van der Waals surface area contributed by atoms with E-state index in [1.807, 2.05) is 27.7 Å². The molecule has 0 bridgehead atoms. The Morgan fingerprint density at radius 3 is 2.30 bits per heavy atom. The molecule has 1 aromatic heterocycles. The van der Waals surface area contributed by atoms with Crippen LogP contribution in [-0.2, 0) is 6.18 Å². The van der Waals surface area contributed by atoms with Crippen molar-refractivity contribution in [3.05, 3.63) is 52.8 Å². The van der Waals surface area contributed by atoms with Gasteiger partial charge >= 0.3 is 6.18 Å². The van der Waals surface area contributed by atoms with Crippen LogP contribution in [0.4, 0.5) is 18.9 Å². The van der Waals surface area contributed by atoms with E-state index < -0.39 is 22.8 Å². The summed E-state index contributed by atoms with van der Waals surface area (Å²) in [7, 11) is 0. The molecule has 0 unspecified atom stereocenters. The molecule has 0 aliphatic rings. The fourth-order valence-corrected chi connectivity index (χ4v) is 2.00. The summed E-state index contributed by atoms with van der Waals surface area (Å²) in [6, 6.07) is 4.94. The lowest BCUT2D eigenvalue weighted by molar-refractivity contribution is -0.136. The first kappa shape index (κ1) is 18.8. The molecule has 126 valence electrons. The number of anilines is 1. The number of benzene rings is 1. The van der Waals surface area contributed by atoms with Gasteiger partial charge in [-0.25, -0.2) is 0 Å². The molecule has 23 heavy (non-hydrogen) atoms. The van der Waals surface area contributed by atoms with E-state index in [1.54, 1.807) is 12.1 Å². The molecule has 1 heterocycles. The van der Waals surface area contributed by atoms with Gasteiger partial charge in [0.25, 0.3) is 0 Å². The molecule has 0 saturated heterocycles. The molecule has 0 fully saturated rings. The second-order valence-corrected chi connectivity index (χ2v) is 5.36. The van der Waals surface area contributed by atoms with Gasteiger partial charge in [0, 0.05) is 22.7 Å². The van der Waals surface area contributed by atoms with E-state index in [-0.39, 0.29) is 10.9 Å². The summed E-state index contributed by atoms with van der Waals surface area (Å²) < 4.78 is 38.8. The Labute approximate surface area is 133 Å². The number of halogens is 3. The molecule has 2 aromatic rings. The van der Waals surface area contributed by atoms with Crippen molar-refractivity contribution < 1.29 is 13.2 Å². The molecule has 2 N–H and O–H groups in total. The second-order valence-electron chi connectivity index (χ2n) is 5.36. The highest BCUT2D eigenvalue weighted by molar-refractivity contribution is 5.85. The monoisotopic (exact) mass is 326 g/mol. The first-order valence-electron chi connectivity index (χ1n) is 7.28. The molecule has 0 amide bonds. The molecule has 0 spiro atoms. The minimum absolute atomic E-state index is 0.0379. The highest BCUT2D eigenvalue weighted by atomic mass is 19.4. The maximum Gasteiger partial charge on any atom is 0.417 e. The molecule has 2 rings (SSSR count).